The number of ketones is 1. The van der Waals surface area contributed by atoms with E-state index in [-0.39, 0.29) is 43.5 Å². The smallest absolute Gasteiger partial charge is 0.162 e. The van der Waals surface area contributed by atoms with Crippen molar-refractivity contribution in [3.63, 3.8) is 0 Å². The van der Waals surface area contributed by atoms with Crippen LogP contribution in [0.1, 0.15) is 58.9 Å². The van der Waals surface area contributed by atoms with E-state index in [4.69, 9.17) is 4.98 Å². The Bertz CT molecular complexity index is 2220. The Morgan fingerprint density at radius 2 is 1.43 bits per heavy atom. The van der Waals surface area contributed by atoms with Gasteiger partial charge < -0.3 is 9.51 Å². The van der Waals surface area contributed by atoms with E-state index in [1.54, 1.807) is 0 Å². The van der Waals surface area contributed by atoms with E-state index in [0.29, 0.717) is 0 Å². The molecule has 5 heteroatoms. The quantitative estimate of drug-likeness (QED) is 0.0576. The van der Waals surface area contributed by atoms with Crippen molar-refractivity contribution < 1.29 is 30.0 Å². The second-order valence-corrected chi connectivity index (χ2v) is 12.0. The molecule has 4 nitrogen and oxygen atoms in total. The summed E-state index contributed by atoms with van der Waals surface area (Å²) in [6, 6.07) is 33.8. The standard InChI is InChI=1S/C28H17N2.C13H24O2.Ir/c1-17-21-11-5-7-13-25(21)30-26-16-20-10-4-6-12-24(20)29-27(26)22-14-18-8-2-3-9-19(18)15-23(22)28(17)30;1-5-10(6-2)12(14)9-13(15)11(7-3)8-4;/h2-13,15-16H,1H3;9-11,14H,5-8H2,1-4H3;/q-1;;/b;12-9-;. The molecule has 46 heavy (non-hydrogen) atoms. The van der Waals surface area contributed by atoms with Crippen LogP contribution in [0.3, 0.4) is 0 Å². The van der Waals surface area contributed by atoms with Crippen molar-refractivity contribution in [2.24, 2.45) is 11.8 Å². The SMILES string of the molecule is CCC(CC)C(=O)/C=C(\O)C(CC)CC.Cc1c2ccccc2n2c3cc4ccccc4nc3c3[c-]c4ccccc4cc3c12.[Ir]. The minimum atomic E-state index is 0. The third-order valence-electron chi connectivity index (χ3n) is 9.44. The first-order valence-corrected chi connectivity index (χ1v) is 16.3. The van der Waals surface area contributed by atoms with Gasteiger partial charge in [-0.25, -0.2) is 0 Å². The topological polar surface area (TPSA) is 54.6 Å². The van der Waals surface area contributed by atoms with Crippen LogP contribution in [0.4, 0.5) is 0 Å². The zero-order valence-corrected chi connectivity index (χ0v) is 29.6. The van der Waals surface area contributed by atoms with Crippen LogP contribution in [0, 0.1) is 24.8 Å². The summed E-state index contributed by atoms with van der Waals surface area (Å²) in [5.74, 6) is 0.547. The number of aromatic nitrogens is 2. The third kappa shape index (κ3) is 5.95. The molecule has 0 spiro atoms. The van der Waals surface area contributed by atoms with Crippen molar-refractivity contribution in [2.75, 3.05) is 0 Å². The number of nitrogens with zero attached hydrogens (tertiary/aromatic N) is 2. The molecular formula is C41H41IrN2O2-. The number of pyridine rings is 2. The van der Waals surface area contributed by atoms with Gasteiger partial charge in [-0.1, -0.05) is 98.5 Å². The average Bonchev–Trinajstić information content (AvgIpc) is 3.37. The molecule has 0 aliphatic heterocycles. The minimum Gasteiger partial charge on any atom is -0.512 e. The van der Waals surface area contributed by atoms with Crippen molar-refractivity contribution in [3.8, 4) is 0 Å². The van der Waals surface area contributed by atoms with Gasteiger partial charge in [-0.15, -0.1) is 23.6 Å². The molecule has 0 unspecified atom stereocenters. The molecule has 1 N–H and O–H groups in total. The molecule has 0 aliphatic rings. The van der Waals surface area contributed by atoms with Gasteiger partial charge in [-0.2, -0.15) is 0 Å². The summed E-state index contributed by atoms with van der Waals surface area (Å²) < 4.78 is 2.39. The monoisotopic (exact) mass is 786 g/mol. The normalized spacial score (nSPS) is 12.0. The Balaban J connectivity index is 0.000000225. The van der Waals surface area contributed by atoms with Crippen LogP contribution < -0.4 is 0 Å². The average molecular weight is 786 g/mol. The summed E-state index contributed by atoms with van der Waals surface area (Å²) in [6.07, 6.45) is 4.91. The van der Waals surface area contributed by atoms with E-state index >= 15 is 0 Å². The van der Waals surface area contributed by atoms with Crippen molar-refractivity contribution >= 4 is 65.7 Å². The fourth-order valence-corrected chi connectivity index (χ4v) is 6.75. The summed E-state index contributed by atoms with van der Waals surface area (Å²) in [6.45, 7) is 10.3. The van der Waals surface area contributed by atoms with Gasteiger partial charge >= 0.3 is 0 Å². The van der Waals surface area contributed by atoms with Gasteiger partial charge in [-0.05, 0) is 56.4 Å². The van der Waals surface area contributed by atoms with Crippen molar-refractivity contribution in [3.05, 3.63) is 108 Å². The molecule has 237 valence electrons. The van der Waals surface area contributed by atoms with Crippen LogP contribution in [0.15, 0.2) is 96.8 Å². The molecule has 0 amide bonds. The maximum atomic E-state index is 11.7. The van der Waals surface area contributed by atoms with Crippen LogP contribution in [-0.4, -0.2) is 20.3 Å². The zero-order valence-electron chi connectivity index (χ0n) is 27.2. The van der Waals surface area contributed by atoms with E-state index < -0.39 is 0 Å². The summed E-state index contributed by atoms with van der Waals surface area (Å²) in [5, 5.41) is 16.8. The zero-order chi connectivity index (χ0) is 31.7. The molecule has 3 heterocycles. The molecule has 7 rings (SSSR count). The Morgan fingerprint density at radius 1 is 0.804 bits per heavy atom. The van der Waals surface area contributed by atoms with Crippen LogP contribution >= 0.6 is 0 Å². The van der Waals surface area contributed by atoms with Crippen LogP contribution in [0.25, 0.3) is 59.9 Å². The maximum absolute atomic E-state index is 11.7. The Labute approximate surface area is 284 Å². The van der Waals surface area contributed by atoms with Crippen molar-refractivity contribution in [1.82, 2.24) is 9.38 Å². The molecule has 0 atom stereocenters. The predicted molar refractivity (Wildman–Crippen MR) is 190 cm³/mol. The van der Waals surface area contributed by atoms with Crippen molar-refractivity contribution in [1.29, 1.82) is 0 Å². The molecule has 0 bridgehead atoms. The largest absolute Gasteiger partial charge is 0.512 e. The Morgan fingerprint density at radius 3 is 2.15 bits per heavy atom. The molecule has 7 aromatic rings. The number of fused-ring (bicyclic) bond motifs is 10. The van der Waals surface area contributed by atoms with Crippen molar-refractivity contribution in [2.45, 2.75) is 60.3 Å². The summed E-state index contributed by atoms with van der Waals surface area (Å²) in [4.78, 5) is 16.8. The van der Waals surface area contributed by atoms with Crippen LogP contribution in [0.2, 0.25) is 0 Å². The number of allylic oxidation sites excluding steroid dienone is 2. The van der Waals surface area contributed by atoms with E-state index in [0.717, 1.165) is 58.4 Å². The predicted octanol–water partition coefficient (Wildman–Crippen LogP) is 11.1. The Kier molecular flexibility index (Phi) is 10.3. The van der Waals surface area contributed by atoms with Crippen LogP contribution in [0.5, 0.6) is 0 Å². The van der Waals surface area contributed by atoms with Gasteiger partial charge in [0.1, 0.15) is 0 Å². The van der Waals surface area contributed by atoms with E-state index in [1.165, 1.54) is 38.8 Å². The van der Waals surface area contributed by atoms with Gasteiger partial charge in [0.25, 0.3) is 0 Å². The van der Waals surface area contributed by atoms with E-state index in [2.05, 4.69) is 102 Å². The number of carbonyl (C=O) groups excluding carboxylic acids is 1. The summed E-state index contributed by atoms with van der Waals surface area (Å²) in [5.41, 5.74) is 6.92. The first-order chi connectivity index (χ1) is 21.9. The number of para-hydroxylation sites is 2. The van der Waals surface area contributed by atoms with Gasteiger partial charge in [0, 0.05) is 65.3 Å². The maximum Gasteiger partial charge on any atom is 0.162 e. The van der Waals surface area contributed by atoms with E-state index in [1.807, 2.05) is 27.7 Å². The summed E-state index contributed by atoms with van der Waals surface area (Å²) in [7, 11) is 0. The van der Waals surface area contributed by atoms with Gasteiger partial charge in [0.05, 0.1) is 16.8 Å². The molecule has 0 saturated carbocycles. The molecule has 1 radical (unpaired) electrons. The van der Waals surface area contributed by atoms with Gasteiger partial charge in [-0.3, -0.25) is 9.78 Å². The van der Waals surface area contributed by atoms with Gasteiger partial charge in [0.15, 0.2) is 5.78 Å². The fraction of sp³-hybridized carbons (Fsp3) is 0.268. The molecule has 0 fully saturated rings. The summed E-state index contributed by atoms with van der Waals surface area (Å²) >= 11 is 0. The molecule has 4 aromatic carbocycles. The molecule has 0 saturated heterocycles. The number of hydrogen-bond acceptors (Lipinski definition) is 3. The molecule has 3 aromatic heterocycles. The minimum absolute atomic E-state index is 0. The number of aryl methyl sites for hydroxylation is 1. The first kappa shape index (κ1) is 33.3. The third-order valence-corrected chi connectivity index (χ3v) is 9.44. The fourth-order valence-electron chi connectivity index (χ4n) is 6.75. The molecule has 0 aliphatic carbocycles. The van der Waals surface area contributed by atoms with Gasteiger partial charge in [0.2, 0.25) is 0 Å². The van der Waals surface area contributed by atoms with E-state index in [9.17, 15) is 9.90 Å². The molecular weight excluding hydrogens is 745 g/mol. The number of aliphatic hydroxyl groups excluding tert-OH is 1. The Hall–Kier alpha value is -4.05. The number of benzene rings is 4. The second-order valence-electron chi connectivity index (χ2n) is 12.0. The first-order valence-electron chi connectivity index (χ1n) is 16.3. The number of rotatable bonds is 7. The number of aliphatic hydroxyl groups is 1. The number of hydrogen-bond donors (Lipinski definition) is 1. The van der Waals surface area contributed by atoms with Crippen LogP contribution in [-0.2, 0) is 24.9 Å². The second kappa shape index (κ2) is 14.2. The number of carbonyl (C=O) groups is 1.